The molecule has 1 aromatic heterocycles. The second-order valence-corrected chi connectivity index (χ2v) is 8.39. The van der Waals surface area contributed by atoms with E-state index in [1.165, 1.54) is 36.8 Å². The number of imidazole rings is 1. The molecule has 0 atom stereocenters. The van der Waals surface area contributed by atoms with Crippen molar-refractivity contribution < 1.29 is 9.53 Å². The number of likely N-dealkylation sites (tertiary alicyclic amines) is 1. The second kappa shape index (κ2) is 8.80. The number of H-pyrrole nitrogens is 1. The average molecular weight is 382 g/mol. The number of carbonyl (C=O) groups is 1. The molecule has 0 unspecified atom stereocenters. The summed E-state index contributed by atoms with van der Waals surface area (Å²) in [7, 11) is 1.78. The minimum absolute atomic E-state index is 0.0444. The molecule has 2 heterocycles. The van der Waals surface area contributed by atoms with Crippen LogP contribution in [0.25, 0.3) is 0 Å². The van der Waals surface area contributed by atoms with Crippen molar-refractivity contribution in [2.75, 3.05) is 20.2 Å². The number of rotatable bonds is 6. The van der Waals surface area contributed by atoms with Gasteiger partial charge in [-0.1, -0.05) is 37.8 Å². The van der Waals surface area contributed by atoms with Gasteiger partial charge in [0, 0.05) is 19.3 Å². The first kappa shape index (κ1) is 19.0. The Morgan fingerprint density at radius 3 is 2.57 bits per heavy atom. The third-order valence-corrected chi connectivity index (χ3v) is 6.47. The van der Waals surface area contributed by atoms with Gasteiger partial charge in [0.05, 0.1) is 13.4 Å². The first-order valence-electron chi connectivity index (χ1n) is 10.7. The Labute approximate surface area is 167 Å². The van der Waals surface area contributed by atoms with Crippen molar-refractivity contribution in [3.05, 3.63) is 47.5 Å². The Bertz CT molecular complexity index is 773. The summed E-state index contributed by atoms with van der Waals surface area (Å²) in [5, 5.41) is 0. The lowest BCUT2D eigenvalue weighted by atomic mass is 9.88. The smallest absolute Gasteiger partial charge is 0.274 e. The van der Waals surface area contributed by atoms with Crippen LogP contribution in [-0.2, 0) is 12.8 Å². The van der Waals surface area contributed by atoms with Crippen molar-refractivity contribution in [3.63, 3.8) is 0 Å². The van der Waals surface area contributed by atoms with E-state index < -0.39 is 0 Å². The molecule has 150 valence electrons. The van der Waals surface area contributed by atoms with Gasteiger partial charge in [-0.3, -0.25) is 4.79 Å². The molecule has 2 fully saturated rings. The number of hydrogen-bond donors (Lipinski definition) is 1. The van der Waals surface area contributed by atoms with Crippen molar-refractivity contribution in [3.8, 4) is 5.75 Å². The standard InChI is InChI=1S/C23H31N3O2/c1-28-22-7-6-19(14-20(22)13-17-4-2-3-5-17)12-18-8-10-26(11-9-18)23(27)21-15-24-16-25-21/h6-7,14-18H,2-5,8-13H2,1H3,(H,24,25). The van der Waals surface area contributed by atoms with Crippen LogP contribution in [0.15, 0.2) is 30.7 Å². The van der Waals surface area contributed by atoms with Crippen molar-refractivity contribution in [2.45, 2.75) is 51.4 Å². The molecule has 0 radical (unpaired) electrons. The molecular formula is C23H31N3O2. The summed E-state index contributed by atoms with van der Waals surface area (Å²) in [6.07, 6.45) is 13.1. The van der Waals surface area contributed by atoms with Crippen molar-refractivity contribution in [1.29, 1.82) is 0 Å². The van der Waals surface area contributed by atoms with Crippen molar-refractivity contribution in [2.24, 2.45) is 11.8 Å². The molecule has 0 spiro atoms. The van der Waals surface area contributed by atoms with Crippen LogP contribution >= 0.6 is 0 Å². The highest BCUT2D eigenvalue weighted by molar-refractivity contribution is 5.92. The van der Waals surface area contributed by atoms with Crippen LogP contribution < -0.4 is 4.74 Å². The lowest BCUT2D eigenvalue weighted by molar-refractivity contribution is 0.0685. The molecule has 28 heavy (non-hydrogen) atoms. The Morgan fingerprint density at radius 2 is 1.89 bits per heavy atom. The Kier molecular flexibility index (Phi) is 5.98. The predicted octanol–water partition coefficient (Wildman–Crippen LogP) is 4.25. The van der Waals surface area contributed by atoms with Crippen LogP contribution in [0.5, 0.6) is 5.75 Å². The SMILES string of the molecule is COc1ccc(CC2CCN(C(=O)c3c[nH]cn3)CC2)cc1CC1CCCC1. The quantitative estimate of drug-likeness (QED) is 0.814. The summed E-state index contributed by atoms with van der Waals surface area (Å²) in [5.74, 6) is 2.54. The fraction of sp³-hybridized carbons (Fsp3) is 0.565. The molecule has 1 aliphatic carbocycles. The fourth-order valence-electron chi connectivity index (χ4n) is 4.86. The molecule has 0 bridgehead atoms. The van der Waals surface area contributed by atoms with Crippen LogP contribution in [0.3, 0.4) is 0 Å². The summed E-state index contributed by atoms with van der Waals surface area (Å²) in [6, 6.07) is 6.74. The molecule has 2 aliphatic rings. The van der Waals surface area contributed by atoms with Crippen LogP contribution in [0.4, 0.5) is 0 Å². The zero-order valence-electron chi connectivity index (χ0n) is 16.8. The van der Waals surface area contributed by atoms with E-state index in [1.54, 1.807) is 19.6 Å². The maximum Gasteiger partial charge on any atom is 0.274 e. The fourth-order valence-corrected chi connectivity index (χ4v) is 4.86. The number of nitrogens with one attached hydrogen (secondary N) is 1. The van der Waals surface area contributed by atoms with Gasteiger partial charge >= 0.3 is 0 Å². The van der Waals surface area contributed by atoms with E-state index in [0.29, 0.717) is 11.6 Å². The topological polar surface area (TPSA) is 58.2 Å². The van der Waals surface area contributed by atoms with Gasteiger partial charge in [0.2, 0.25) is 0 Å². The van der Waals surface area contributed by atoms with Crippen molar-refractivity contribution >= 4 is 5.91 Å². The molecule has 1 saturated heterocycles. The van der Waals surface area contributed by atoms with E-state index in [1.807, 2.05) is 4.90 Å². The van der Waals surface area contributed by atoms with E-state index in [9.17, 15) is 4.79 Å². The molecule has 1 aliphatic heterocycles. The van der Waals surface area contributed by atoms with Gasteiger partial charge in [0.25, 0.3) is 5.91 Å². The Morgan fingerprint density at radius 1 is 1.14 bits per heavy atom. The Hall–Kier alpha value is -2.30. The first-order valence-corrected chi connectivity index (χ1v) is 10.7. The highest BCUT2D eigenvalue weighted by Crippen LogP contribution is 2.32. The number of amides is 1. The monoisotopic (exact) mass is 381 g/mol. The summed E-state index contributed by atoms with van der Waals surface area (Å²) in [5.41, 5.74) is 3.30. The number of hydrogen-bond acceptors (Lipinski definition) is 3. The highest BCUT2D eigenvalue weighted by Gasteiger charge is 2.25. The van der Waals surface area contributed by atoms with Gasteiger partial charge in [-0.05, 0) is 54.7 Å². The zero-order chi connectivity index (χ0) is 19.3. The zero-order valence-corrected chi connectivity index (χ0v) is 16.8. The molecule has 5 nitrogen and oxygen atoms in total. The van der Waals surface area contributed by atoms with E-state index in [2.05, 4.69) is 28.2 Å². The number of ether oxygens (including phenoxy) is 1. The summed E-state index contributed by atoms with van der Waals surface area (Å²) >= 11 is 0. The van der Waals surface area contributed by atoms with Crippen molar-refractivity contribution in [1.82, 2.24) is 14.9 Å². The first-order chi connectivity index (χ1) is 13.7. The number of carbonyl (C=O) groups excluding carboxylic acids is 1. The summed E-state index contributed by atoms with van der Waals surface area (Å²) < 4.78 is 5.62. The normalized spacial score (nSPS) is 18.5. The minimum atomic E-state index is 0.0444. The number of piperidine rings is 1. The maximum atomic E-state index is 12.4. The Balaban J connectivity index is 1.35. The second-order valence-electron chi connectivity index (χ2n) is 8.39. The largest absolute Gasteiger partial charge is 0.496 e. The van der Waals surface area contributed by atoms with Crippen LogP contribution in [-0.4, -0.2) is 41.0 Å². The summed E-state index contributed by atoms with van der Waals surface area (Å²) in [4.78, 5) is 21.3. The average Bonchev–Trinajstić information content (AvgIpc) is 3.43. The van der Waals surface area contributed by atoms with Gasteiger partial charge < -0.3 is 14.6 Å². The van der Waals surface area contributed by atoms with E-state index >= 15 is 0 Å². The third-order valence-electron chi connectivity index (χ3n) is 6.47. The number of nitrogens with zero attached hydrogens (tertiary/aromatic N) is 2. The molecule has 2 aromatic rings. The molecule has 1 saturated carbocycles. The molecule has 5 heteroatoms. The minimum Gasteiger partial charge on any atom is -0.496 e. The number of aromatic nitrogens is 2. The van der Waals surface area contributed by atoms with Gasteiger partial charge in [-0.2, -0.15) is 0 Å². The highest BCUT2D eigenvalue weighted by atomic mass is 16.5. The lowest BCUT2D eigenvalue weighted by Crippen LogP contribution is -2.39. The maximum absolute atomic E-state index is 12.4. The van der Waals surface area contributed by atoms with Gasteiger partial charge in [-0.15, -0.1) is 0 Å². The molecule has 1 N–H and O–H groups in total. The molecule has 4 rings (SSSR count). The predicted molar refractivity (Wildman–Crippen MR) is 110 cm³/mol. The van der Waals surface area contributed by atoms with E-state index in [-0.39, 0.29) is 5.91 Å². The van der Waals surface area contributed by atoms with Gasteiger partial charge in [0.15, 0.2) is 0 Å². The van der Waals surface area contributed by atoms with Gasteiger partial charge in [-0.25, -0.2) is 4.98 Å². The molecule has 1 aromatic carbocycles. The third kappa shape index (κ3) is 4.40. The lowest BCUT2D eigenvalue weighted by Gasteiger charge is -2.31. The summed E-state index contributed by atoms with van der Waals surface area (Å²) in [6.45, 7) is 1.64. The molecule has 1 amide bonds. The molecular weight excluding hydrogens is 350 g/mol. The van der Waals surface area contributed by atoms with Gasteiger partial charge in [0.1, 0.15) is 11.4 Å². The van der Waals surface area contributed by atoms with Crippen LogP contribution in [0, 0.1) is 11.8 Å². The number of aromatic amines is 1. The number of methoxy groups -OCH3 is 1. The van der Waals surface area contributed by atoms with E-state index in [0.717, 1.165) is 50.4 Å². The number of benzene rings is 1. The van der Waals surface area contributed by atoms with E-state index in [4.69, 9.17) is 4.74 Å². The van der Waals surface area contributed by atoms with Crippen LogP contribution in [0.1, 0.15) is 60.1 Å². The van der Waals surface area contributed by atoms with Crippen LogP contribution in [0.2, 0.25) is 0 Å².